The molecule has 2 N–H and O–H groups in total. The Kier molecular flexibility index (Phi) is 6.65. The number of carbonyl (C=O) groups excluding carboxylic acids is 3. The van der Waals surface area contributed by atoms with Gasteiger partial charge in [0.2, 0.25) is 11.8 Å². The molecule has 1 aliphatic rings. The van der Waals surface area contributed by atoms with E-state index in [4.69, 9.17) is 4.74 Å². The Balaban J connectivity index is 1.29. The molecular weight excluding hydrogens is 406 g/mol. The van der Waals surface area contributed by atoms with E-state index in [0.717, 1.165) is 22.8 Å². The zero-order chi connectivity index (χ0) is 22.3. The van der Waals surface area contributed by atoms with Gasteiger partial charge in [0.1, 0.15) is 19.2 Å². The average molecular weight is 431 g/mol. The Morgan fingerprint density at radius 2 is 1.69 bits per heavy atom. The van der Waals surface area contributed by atoms with Gasteiger partial charge in [-0.05, 0) is 41.3 Å². The zero-order valence-electron chi connectivity index (χ0n) is 17.6. The van der Waals surface area contributed by atoms with Crippen LogP contribution in [0.1, 0.15) is 18.4 Å². The molecule has 1 atom stereocenters. The van der Waals surface area contributed by atoms with Crippen LogP contribution >= 0.6 is 0 Å². The molecule has 1 heterocycles. The van der Waals surface area contributed by atoms with E-state index in [1.165, 1.54) is 4.90 Å². The number of amides is 3. The van der Waals surface area contributed by atoms with E-state index in [1.54, 1.807) is 0 Å². The lowest BCUT2D eigenvalue weighted by Crippen LogP contribution is -2.47. The van der Waals surface area contributed by atoms with Crippen LogP contribution in [0.3, 0.4) is 0 Å². The lowest BCUT2D eigenvalue weighted by Gasteiger charge is -2.24. The number of carbonyl (C=O) groups is 3. The van der Waals surface area contributed by atoms with Gasteiger partial charge in [0.05, 0.1) is 0 Å². The number of alkyl carbamates (subject to hydrolysis) is 1. The second kappa shape index (κ2) is 9.96. The molecule has 3 amide bonds. The number of nitrogens with zero attached hydrogens (tertiary/aromatic N) is 1. The van der Waals surface area contributed by atoms with Crippen molar-refractivity contribution in [2.45, 2.75) is 25.5 Å². The van der Waals surface area contributed by atoms with Gasteiger partial charge in [-0.25, -0.2) is 4.79 Å². The fourth-order valence-corrected chi connectivity index (χ4v) is 3.85. The van der Waals surface area contributed by atoms with Crippen LogP contribution < -0.4 is 10.6 Å². The highest BCUT2D eigenvalue weighted by Gasteiger charge is 2.34. The lowest BCUT2D eigenvalue weighted by atomic mass is 10.1. The molecule has 0 radical (unpaired) electrons. The Labute approximate surface area is 186 Å². The normalized spacial score (nSPS) is 15.4. The van der Waals surface area contributed by atoms with Crippen molar-refractivity contribution in [3.05, 3.63) is 78.4 Å². The number of likely N-dealkylation sites (tertiary alicyclic amines) is 1. The smallest absolute Gasteiger partial charge is 0.407 e. The molecule has 3 aromatic rings. The van der Waals surface area contributed by atoms with Crippen molar-refractivity contribution in [1.82, 2.24) is 10.2 Å². The van der Waals surface area contributed by atoms with Crippen molar-refractivity contribution in [2.24, 2.45) is 0 Å². The lowest BCUT2D eigenvalue weighted by molar-refractivity contribution is -0.135. The third-order valence-electron chi connectivity index (χ3n) is 5.49. The molecule has 1 fully saturated rings. The van der Waals surface area contributed by atoms with Gasteiger partial charge in [0, 0.05) is 12.2 Å². The van der Waals surface area contributed by atoms with Gasteiger partial charge < -0.3 is 20.3 Å². The van der Waals surface area contributed by atoms with E-state index >= 15 is 0 Å². The molecule has 7 heteroatoms. The van der Waals surface area contributed by atoms with Gasteiger partial charge in [-0.2, -0.15) is 0 Å². The molecule has 32 heavy (non-hydrogen) atoms. The predicted molar refractivity (Wildman–Crippen MR) is 122 cm³/mol. The van der Waals surface area contributed by atoms with Crippen molar-refractivity contribution in [1.29, 1.82) is 0 Å². The first-order valence-corrected chi connectivity index (χ1v) is 10.6. The summed E-state index contributed by atoms with van der Waals surface area (Å²) in [5.74, 6) is -0.532. The minimum absolute atomic E-state index is 0.126. The Morgan fingerprint density at radius 3 is 2.50 bits per heavy atom. The number of nitrogens with one attached hydrogen (secondary N) is 2. The second-order valence-electron chi connectivity index (χ2n) is 7.71. The Bertz CT molecular complexity index is 1120. The zero-order valence-corrected chi connectivity index (χ0v) is 17.6. The summed E-state index contributed by atoms with van der Waals surface area (Å²) in [6, 6.07) is 22.4. The van der Waals surface area contributed by atoms with Crippen molar-refractivity contribution >= 4 is 34.4 Å². The highest BCUT2D eigenvalue weighted by Crippen LogP contribution is 2.22. The molecule has 1 aliphatic heterocycles. The minimum atomic E-state index is -0.668. The summed E-state index contributed by atoms with van der Waals surface area (Å²) < 4.78 is 5.13. The maximum atomic E-state index is 12.8. The van der Waals surface area contributed by atoms with Crippen LogP contribution in [0.25, 0.3) is 10.8 Å². The van der Waals surface area contributed by atoms with Crippen molar-refractivity contribution in [3.8, 4) is 0 Å². The molecule has 1 saturated heterocycles. The fraction of sp³-hybridized carbons (Fsp3) is 0.240. The van der Waals surface area contributed by atoms with Gasteiger partial charge in [-0.15, -0.1) is 0 Å². The number of fused-ring (bicyclic) bond motifs is 1. The minimum Gasteiger partial charge on any atom is -0.445 e. The van der Waals surface area contributed by atoms with E-state index in [9.17, 15) is 14.4 Å². The van der Waals surface area contributed by atoms with Crippen LogP contribution in [0.5, 0.6) is 0 Å². The summed E-state index contributed by atoms with van der Waals surface area (Å²) in [5.41, 5.74) is 1.55. The molecule has 0 aromatic heterocycles. The summed E-state index contributed by atoms with van der Waals surface area (Å²) in [6.07, 6.45) is 0.655. The number of ether oxygens (including phenoxy) is 1. The van der Waals surface area contributed by atoms with Crippen LogP contribution in [0.15, 0.2) is 72.8 Å². The molecule has 164 valence electrons. The molecular formula is C25H25N3O4. The highest BCUT2D eigenvalue weighted by molar-refractivity contribution is 5.99. The first kappa shape index (κ1) is 21.4. The van der Waals surface area contributed by atoms with Crippen LogP contribution in [-0.4, -0.2) is 41.9 Å². The van der Waals surface area contributed by atoms with E-state index in [0.29, 0.717) is 18.7 Å². The molecule has 0 spiro atoms. The monoisotopic (exact) mass is 431 g/mol. The summed E-state index contributed by atoms with van der Waals surface area (Å²) in [7, 11) is 0. The summed E-state index contributed by atoms with van der Waals surface area (Å²) in [4.78, 5) is 38.9. The molecule has 7 nitrogen and oxygen atoms in total. The third kappa shape index (κ3) is 5.24. The third-order valence-corrected chi connectivity index (χ3v) is 5.49. The Hall–Kier alpha value is -3.87. The largest absolute Gasteiger partial charge is 0.445 e. The van der Waals surface area contributed by atoms with Crippen LogP contribution in [0, 0.1) is 0 Å². The summed E-state index contributed by atoms with van der Waals surface area (Å²) >= 11 is 0. The van der Waals surface area contributed by atoms with Crippen molar-refractivity contribution in [2.75, 3.05) is 18.4 Å². The van der Waals surface area contributed by atoms with E-state index in [2.05, 4.69) is 10.6 Å². The quantitative estimate of drug-likeness (QED) is 0.623. The topological polar surface area (TPSA) is 87.7 Å². The van der Waals surface area contributed by atoms with Crippen molar-refractivity contribution in [3.63, 3.8) is 0 Å². The number of hydrogen-bond acceptors (Lipinski definition) is 4. The standard InChI is InChI=1S/C25H25N3O4/c29-23(16-26-25(31)32-17-18-7-2-1-3-8-18)28-14-6-11-22(28)24(30)27-21-13-12-19-9-4-5-10-20(19)15-21/h1-5,7-10,12-13,15,22H,6,11,14,16-17H2,(H,26,31)(H,27,30)/t22-/m0/s1. The maximum Gasteiger partial charge on any atom is 0.407 e. The first-order valence-electron chi connectivity index (χ1n) is 10.6. The summed E-state index contributed by atoms with van der Waals surface area (Å²) in [5, 5.41) is 7.52. The van der Waals surface area contributed by atoms with Crippen LogP contribution in [0.2, 0.25) is 0 Å². The molecule has 0 bridgehead atoms. The highest BCUT2D eigenvalue weighted by atomic mass is 16.5. The van der Waals surface area contributed by atoms with E-state index < -0.39 is 12.1 Å². The van der Waals surface area contributed by atoms with E-state index in [-0.39, 0.29) is 25.0 Å². The fourth-order valence-electron chi connectivity index (χ4n) is 3.85. The number of rotatable bonds is 6. The second-order valence-corrected chi connectivity index (χ2v) is 7.71. The van der Waals surface area contributed by atoms with Gasteiger partial charge in [-0.3, -0.25) is 9.59 Å². The number of hydrogen-bond donors (Lipinski definition) is 2. The predicted octanol–water partition coefficient (Wildman–Crippen LogP) is 3.70. The molecule has 0 unspecified atom stereocenters. The van der Waals surface area contributed by atoms with Crippen LogP contribution in [-0.2, 0) is 20.9 Å². The number of benzene rings is 3. The van der Waals surface area contributed by atoms with Crippen molar-refractivity contribution < 1.29 is 19.1 Å². The van der Waals surface area contributed by atoms with Gasteiger partial charge in [0.25, 0.3) is 0 Å². The average Bonchev–Trinajstić information content (AvgIpc) is 3.32. The number of anilines is 1. The van der Waals surface area contributed by atoms with Gasteiger partial charge in [-0.1, -0.05) is 60.7 Å². The SMILES string of the molecule is O=C(NCC(=O)N1CCC[C@H]1C(=O)Nc1ccc2ccccc2c1)OCc1ccccc1. The van der Waals surface area contributed by atoms with Gasteiger partial charge >= 0.3 is 6.09 Å². The molecule has 4 rings (SSSR count). The summed E-state index contributed by atoms with van der Waals surface area (Å²) in [6.45, 7) is 0.393. The van der Waals surface area contributed by atoms with E-state index in [1.807, 2.05) is 72.8 Å². The van der Waals surface area contributed by atoms with Gasteiger partial charge in [0.15, 0.2) is 0 Å². The Morgan fingerprint density at radius 1 is 0.938 bits per heavy atom. The maximum absolute atomic E-state index is 12.8. The molecule has 0 aliphatic carbocycles. The van der Waals surface area contributed by atoms with Crippen LogP contribution in [0.4, 0.5) is 10.5 Å². The molecule has 0 saturated carbocycles. The first-order chi connectivity index (χ1) is 15.6. The molecule has 3 aromatic carbocycles.